The van der Waals surface area contributed by atoms with Gasteiger partial charge in [-0.1, -0.05) is 26.8 Å². The summed E-state index contributed by atoms with van der Waals surface area (Å²) in [6.07, 6.45) is 2.42. The van der Waals surface area contributed by atoms with E-state index < -0.39 is 0 Å². The third-order valence-corrected chi connectivity index (χ3v) is 5.05. The van der Waals surface area contributed by atoms with Crippen LogP contribution in [0.15, 0.2) is 46.0 Å². The van der Waals surface area contributed by atoms with Crippen molar-refractivity contribution in [1.82, 2.24) is 5.43 Å². The van der Waals surface area contributed by atoms with Crippen molar-refractivity contribution in [2.75, 3.05) is 20.8 Å². The monoisotopic (exact) mass is 476 g/mol. The van der Waals surface area contributed by atoms with Crippen LogP contribution in [0.2, 0.25) is 0 Å². The van der Waals surface area contributed by atoms with Crippen LogP contribution in [0.1, 0.15) is 44.7 Å². The van der Waals surface area contributed by atoms with E-state index in [4.69, 9.17) is 14.2 Å². The second-order valence-corrected chi connectivity index (χ2v) is 8.60. The van der Waals surface area contributed by atoms with Gasteiger partial charge in [-0.3, -0.25) is 4.79 Å². The lowest BCUT2D eigenvalue weighted by atomic mass is 9.87. The summed E-state index contributed by atoms with van der Waals surface area (Å²) in [6.45, 7) is 6.94. The van der Waals surface area contributed by atoms with Crippen LogP contribution in [0.25, 0.3) is 0 Å². The molecule has 0 unspecified atom stereocenters. The molecule has 0 saturated carbocycles. The molecular weight excluding hydrogens is 448 g/mol. The van der Waals surface area contributed by atoms with Gasteiger partial charge < -0.3 is 14.2 Å². The van der Waals surface area contributed by atoms with Gasteiger partial charge in [0.15, 0.2) is 0 Å². The Labute approximate surface area is 186 Å². The molecule has 0 aliphatic rings. The number of ether oxygens (including phenoxy) is 3. The third kappa shape index (κ3) is 7.06. The summed E-state index contributed by atoms with van der Waals surface area (Å²) < 4.78 is 17.2. The van der Waals surface area contributed by atoms with Crippen LogP contribution in [-0.4, -0.2) is 32.9 Å². The fourth-order valence-corrected chi connectivity index (χ4v) is 3.16. The second-order valence-electron chi connectivity index (χ2n) is 7.75. The Hall–Kier alpha value is -2.54. The SMILES string of the molecule is COc1ccc(OC)c(/C=N/NC(=O)CCCOc2ccc(C(C)(C)C)cc2Br)c1. The Morgan fingerprint density at radius 3 is 2.47 bits per heavy atom. The number of hydrazone groups is 1. The topological polar surface area (TPSA) is 69.2 Å². The van der Waals surface area contributed by atoms with E-state index in [0.29, 0.717) is 36.5 Å². The summed E-state index contributed by atoms with van der Waals surface area (Å²) in [4.78, 5) is 12.0. The van der Waals surface area contributed by atoms with Gasteiger partial charge in [0.2, 0.25) is 5.91 Å². The van der Waals surface area contributed by atoms with Crippen LogP contribution in [0.4, 0.5) is 0 Å². The Balaban J connectivity index is 1.79. The molecule has 0 radical (unpaired) electrons. The van der Waals surface area contributed by atoms with Gasteiger partial charge in [-0.05, 0) is 63.7 Å². The first kappa shape index (κ1) is 23.7. The predicted octanol–water partition coefficient (Wildman–Crippen LogP) is 5.07. The number of carbonyl (C=O) groups is 1. The zero-order valence-electron chi connectivity index (χ0n) is 18.1. The highest BCUT2D eigenvalue weighted by Gasteiger charge is 2.15. The first-order valence-electron chi connectivity index (χ1n) is 9.71. The largest absolute Gasteiger partial charge is 0.497 e. The van der Waals surface area contributed by atoms with Crippen molar-refractivity contribution in [3.63, 3.8) is 0 Å². The molecule has 0 spiro atoms. The molecule has 0 atom stereocenters. The number of methoxy groups -OCH3 is 2. The summed E-state index contributed by atoms with van der Waals surface area (Å²) in [5, 5.41) is 4.00. The van der Waals surface area contributed by atoms with Crippen molar-refractivity contribution in [1.29, 1.82) is 0 Å². The van der Waals surface area contributed by atoms with Crippen molar-refractivity contribution in [2.24, 2.45) is 5.10 Å². The molecule has 30 heavy (non-hydrogen) atoms. The molecule has 2 aromatic carbocycles. The number of nitrogens with zero attached hydrogens (tertiary/aromatic N) is 1. The van der Waals surface area contributed by atoms with E-state index in [1.165, 1.54) is 11.8 Å². The molecule has 0 aromatic heterocycles. The number of amides is 1. The molecular formula is C23H29BrN2O4. The first-order chi connectivity index (χ1) is 14.2. The normalized spacial score (nSPS) is 11.4. The standard InChI is InChI=1S/C23H29BrN2O4/c1-23(2,3)17-8-10-21(19(24)14-17)30-12-6-7-22(27)26-25-15-16-13-18(28-4)9-11-20(16)29-5/h8-11,13-15H,6-7,12H2,1-5H3,(H,26,27)/b25-15+. The smallest absolute Gasteiger partial charge is 0.240 e. The minimum atomic E-state index is -0.182. The third-order valence-electron chi connectivity index (χ3n) is 4.43. The van der Waals surface area contributed by atoms with Crippen molar-refractivity contribution >= 4 is 28.1 Å². The number of nitrogens with one attached hydrogen (secondary N) is 1. The van der Waals surface area contributed by atoms with Crippen LogP contribution < -0.4 is 19.6 Å². The maximum atomic E-state index is 12.0. The summed E-state index contributed by atoms with van der Waals surface area (Å²) in [7, 11) is 3.16. The Kier molecular flexibility index (Phi) is 8.72. The van der Waals surface area contributed by atoms with Crippen LogP contribution in [0.3, 0.4) is 0 Å². The highest BCUT2D eigenvalue weighted by Crippen LogP contribution is 2.31. The fraction of sp³-hybridized carbons (Fsp3) is 0.391. The Morgan fingerprint density at radius 2 is 1.83 bits per heavy atom. The minimum absolute atomic E-state index is 0.0779. The zero-order chi connectivity index (χ0) is 22.1. The summed E-state index contributed by atoms with van der Waals surface area (Å²) in [5.41, 5.74) is 4.54. The van der Waals surface area contributed by atoms with Crippen LogP contribution >= 0.6 is 15.9 Å². The Bertz CT molecular complexity index is 891. The summed E-state index contributed by atoms with van der Waals surface area (Å²) >= 11 is 3.56. The number of carbonyl (C=O) groups excluding carboxylic acids is 1. The van der Waals surface area contributed by atoms with Gasteiger partial charge in [0.1, 0.15) is 17.2 Å². The van der Waals surface area contributed by atoms with E-state index in [0.717, 1.165) is 10.2 Å². The molecule has 0 saturated heterocycles. The van der Waals surface area contributed by atoms with E-state index in [9.17, 15) is 4.79 Å². The maximum Gasteiger partial charge on any atom is 0.240 e. The molecule has 0 heterocycles. The molecule has 0 aliphatic heterocycles. The highest BCUT2D eigenvalue weighted by molar-refractivity contribution is 9.10. The zero-order valence-corrected chi connectivity index (χ0v) is 19.7. The molecule has 2 aromatic rings. The van der Waals surface area contributed by atoms with Crippen molar-refractivity contribution in [3.8, 4) is 17.2 Å². The van der Waals surface area contributed by atoms with Crippen LogP contribution in [0, 0.1) is 0 Å². The number of benzene rings is 2. The van der Waals surface area contributed by atoms with Gasteiger partial charge in [0.05, 0.1) is 31.5 Å². The molecule has 6 nitrogen and oxygen atoms in total. The molecule has 0 aliphatic carbocycles. The van der Waals surface area contributed by atoms with Gasteiger partial charge in [0, 0.05) is 12.0 Å². The predicted molar refractivity (Wildman–Crippen MR) is 123 cm³/mol. The van der Waals surface area contributed by atoms with E-state index in [2.05, 4.69) is 59.4 Å². The minimum Gasteiger partial charge on any atom is -0.497 e. The first-order valence-corrected chi connectivity index (χ1v) is 10.5. The lowest BCUT2D eigenvalue weighted by Crippen LogP contribution is -2.18. The highest BCUT2D eigenvalue weighted by atomic mass is 79.9. The second kappa shape index (κ2) is 11.0. The molecule has 0 fully saturated rings. The van der Waals surface area contributed by atoms with Gasteiger partial charge >= 0.3 is 0 Å². The van der Waals surface area contributed by atoms with Crippen LogP contribution in [0.5, 0.6) is 17.2 Å². The van der Waals surface area contributed by atoms with E-state index in [1.54, 1.807) is 32.4 Å². The van der Waals surface area contributed by atoms with E-state index in [-0.39, 0.29) is 11.3 Å². The van der Waals surface area contributed by atoms with Crippen LogP contribution in [-0.2, 0) is 10.2 Å². The molecule has 1 N–H and O–H groups in total. The number of halogens is 1. The van der Waals surface area contributed by atoms with Gasteiger partial charge in [-0.2, -0.15) is 5.10 Å². The van der Waals surface area contributed by atoms with Gasteiger partial charge in [-0.25, -0.2) is 5.43 Å². The van der Waals surface area contributed by atoms with E-state index >= 15 is 0 Å². The number of hydrogen-bond acceptors (Lipinski definition) is 5. The van der Waals surface area contributed by atoms with Gasteiger partial charge in [0.25, 0.3) is 0 Å². The fourth-order valence-electron chi connectivity index (χ4n) is 2.67. The maximum absolute atomic E-state index is 12.0. The van der Waals surface area contributed by atoms with Crippen molar-refractivity contribution in [3.05, 3.63) is 52.0 Å². The van der Waals surface area contributed by atoms with Crippen molar-refractivity contribution < 1.29 is 19.0 Å². The molecule has 162 valence electrons. The van der Waals surface area contributed by atoms with E-state index in [1.807, 2.05) is 6.07 Å². The molecule has 7 heteroatoms. The summed E-state index contributed by atoms with van der Waals surface area (Å²) in [5.74, 6) is 1.91. The Morgan fingerprint density at radius 1 is 1.10 bits per heavy atom. The number of hydrogen-bond donors (Lipinski definition) is 1. The lowest BCUT2D eigenvalue weighted by Gasteiger charge is -2.20. The summed E-state index contributed by atoms with van der Waals surface area (Å²) in [6, 6.07) is 11.5. The average Bonchev–Trinajstić information content (AvgIpc) is 2.71. The molecule has 0 bridgehead atoms. The quantitative estimate of drug-likeness (QED) is 0.311. The molecule has 1 amide bonds. The van der Waals surface area contributed by atoms with Crippen molar-refractivity contribution in [2.45, 2.75) is 39.0 Å². The molecule has 2 rings (SSSR count). The number of rotatable bonds is 9. The average molecular weight is 477 g/mol. The van der Waals surface area contributed by atoms with Gasteiger partial charge in [-0.15, -0.1) is 0 Å². The lowest BCUT2D eigenvalue weighted by molar-refractivity contribution is -0.121.